The van der Waals surface area contributed by atoms with Crippen LogP contribution < -0.4 is 10.5 Å². The summed E-state index contributed by atoms with van der Waals surface area (Å²) in [6.45, 7) is 0. The maximum atomic E-state index is 11.1. The van der Waals surface area contributed by atoms with Gasteiger partial charge >= 0.3 is 0 Å². The van der Waals surface area contributed by atoms with Gasteiger partial charge in [0.05, 0.1) is 4.90 Å². The van der Waals surface area contributed by atoms with Crippen molar-refractivity contribution < 1.29 is 8.42 Å². The lowest BCUT2D eigenvalue weighted by molar-refractivity contribution is 0.598. The van der Waals surface area contributed by atoms with E-state index in [4.69, 9.17) is 5.14 Å². The van der Waals surface area contributed by atoms with Gasteiger partial charge in [0.15, 0.2) is 0 Å². The molecule has 0 radical (unpaired) electrons. The Morgan fingerprint density at radius 2 is 1.33 bits per heavy atom. The zero-order valence-electron chi connectivity index (χ0n) is 9.30. The molecule has 0 aliphatic heterocycles. The summed E-state index contributed by atoms with van der Waals surface area (Å²) in [4.78, 5) is 0.101. The number of nitrogens with two attached hydrogens (primary N) is 1. The molecule has 0 saturated heterocycles. The summed E-state index contributed by atoms with van der Waals surface area (Å²) in [6.07, 6.45) is 0. The molecular formula is C12H11BrN2O2S. The van der Waals surface area contributed by atoms with Crippen LogP contribution in [0.4, 0.5) is 11.4 Å². The van der Waals surface area contributed by atoms with Gasteiger partial charge in [0, 0.05) is 15.8 Å². The number of primary sulfonamides is 1. The van der Waals surface area contributed by atoms with Crippen LogP contribution in [0.2, 0.25) is 0 Å². The van der Waals surface area contributed by atoms with Crippen LogP contribution in [0.25, 0.3) is 0 Å². The third-order valence-electron chi connectivity index (χ3n) is 2.32. The van der Waals surface area contributed by atoms with Crippen molar-refractivity contribution in [3.63, 3.8) is 0 Å². The molecule has 2 aromatic carbocycles. The fourth-order valence-corrected chi connectivity index (χ4v) is 2.21. The first-order valence-corrected chi connectivity index (χ1v) is 7.44. The lowest BCUT2D eigenvalue weighted by atomic mass is 10.3. The molecule has 18 heavy (non-hydrogen) atoms. The molecule has 0 unspecified atom stereocenters. The summed E-state index contributed by atoms with van der Waals surface area (Å²) >= 11 is 3.35. The van der Waals surface area contributed by atoms with Gasteiger partial charge in [-0.25, -0.2) is 13.6 Å². The topological polar surface area (TPSA) is 72.2 Å². The number of halogens is 1. The van der Waals surface area contributed by atoms with Crippen LogP contribution in [0.5, 0.6) is 0 Å². The van der Waals surface area contributed by atoms with Crippen molar-refractivity contribution in [3.05, 3.63) is 53.0 Å². The standard InChI is InChI=1S/C12H11BrN2O2S/c13-9-1-3-10(4-2-9)15-11-5-7-12(8-6-11)18(14,16)17/h1-8,15H,(H2,14,16,17). The molecule has 0 atom stereocenters. The fraction of sp³-hybridized carbons (Fsp3) is 0. The smallest absolute Gasteiger partial charge is 0.238 e. The van der Waals surface area contributed by atoms with Gasteiger partial charge in [-0.3, -0.25) is 0 Å². The number of rotatable bonds is 3. The minimum absolute atomic E-state index is 0.101. The highest BCUT2D eigenvalue weighted by Gasteiger charge is 2.06. The molecule has 0 aliphatic rings. The molecule has 94 valence electrons. The average Bonchev–Trinajstić information content (AvgIpc) is 2.32. The number of nitrogens with one attached hydrogen (secondary N) is 1. The van der Waals surface area contributed by atoms with Crippen molar-refractivity contribution >= 4 is 37.3 Å². The molecule has 0 bridgehead atoms. The van der Waals surface area contributed by atoms with Gasteiger partial charge in [-0.15, -0.1) is 0 Å². The summed E-state index contributed by atoms with van der Waals surface area (Å²) in [6, 6.07) is 13.9. The Hall–Kier alpha value is -1.37. The third kappa shape index (κ3) is 3.32. The van der Waals surface area contributed by atoms with Crippen LogP contribution in [-0.4, -0.2) is 8.42 Å². The number of hydrogen-bond donors (Lipinski definition) is 2. The van der Waals surface area contributed by atoms with Gasteiger partial charge in [0.25, 0.3) is 0 Å². The highest BCUT2D eigenvalue weighted by molar-refractivity contribution is 9.10. The first-order valence-electron chi connectivity index (χ1n) is 5.10. The van der Waals surface area contributed by atoms with Crippen LogP contribution in [0.1, 0.15) is 0 Å². The van der Waals surface area contributed by atoms with Crippen LogP contribution in [-0.2, 0) is 10.0 Å². The lowest BCUT2D eigenvalue weighted by Gasteiger charge is -2.07. The fourth-order valence-electron chi connectivity index (χ4n) is 1.43. The molecule has 0 aromatic heterocycles. The number of anilines is 2. The molecular weight excluding hydrogens is 316 g/mol. The summed E-state index contributed by atoms with van der Waals surface area (Å²) in [5.74, 6) is 0. The van der Waals surface area contributed by atoms with E-state index in [-0.39, 0.29) is 4.90 Å². The lowest BCUT2D eigenvalue weighted by Crippen LogP contribution is -2.11. The van der Waals surface area contributed by atoms with Gasteiger partial charge in [-0.05, 0) is 48.5 Å². The Balaban J connectivity index is 2.18. The zero-order chi connectivity index (χ0) is 13.2. The third-order valence-corrected chi connectivity index (χ3v) is 3.77. The van der Waals surface area contributed by atoms with E-state index < -0.39 is 10.0 Å². The molecule has 0 amide bonds. The molecule has 2 rings (SSSR count). The predicted molar refractivity (Wildman–Crippen MR) is 75.2 cm³/mol. The summed E-state index contributed by atoms with van der Waals surface area (Å²) in [5, 5.41) is 8.18. The van der Waals surface area contributed by atoms with Crippen molar-refractivity contribution in [3.8, 4) is 0 Å². The van der Waals surface area contributed by atoms with Crippen molar-refractivity contribution in [1.82, 2.24) is 0 Å². The van der Waals surface area contributed by atoms with Crippen molar-refractivity contribution in [2.24, 2.45) is 5.14 Å². The monoisotopic (exact) mass is 326 g/mol. The van der Waals surface area contributed by atoms with Gasteiger partial charge in [0.1, 0.15) is 0 Å². The molecule has 6 heteroatoms. The van der Waals surface area contributed by atoms with E-state index in [1.54, 1.807) is 12.1 Å². The van der Waals surface area contributed by atoms with Gasteiger partial charge in [-0.1, -0.05) is 15.9 Å². The minimum Gasteiger partial charge on any atom is -0.356 e. The van der Waals surface area contributed by atoms with E-state index in [2.05, 4.69) is 21.2 Å². The molecule has 0 saturated carbocycles. The highest BCUT2D eigenvalue weighted by Crippen LogP contribution is 2.20. The number of benzene rings is 2. The van der Waals surface area contributed by atoms with Gasteiger partial charge in [0.2, 0.25) is 10.0 Å². The summed E-state index contributed by atoms with van der Waals surface area (Å²) < 4.78 is 23.2. The van der Waals surface area contributed by atoms with Crippen molar-refractivity contribution in [2.75, 3.05) is 5.32 Å². The Morgan fingerprint density at radius 1 is 0.889 bits per heavy atom. The predicted octanol–water partition coefficient (Wildman–Crippen LogP) is 2.84. The molecule has 0 spiro atoms. The SMILES string of the molecule is NS(=O)(=O)c1ccc(Nc2ccc(Br)cc2)cc1. The normalized spacial score (nSPS) is 11.2. The largest absolute Gasteiger partial charge is 0.356 e. The number of sulfonamides is 1. The van der Waals surface area contributed by atoms with Gasteiger partial charge in [-0.2, -0.15) is 0 Å². The second kappa shape index (κ2) is 5.09. The number of hydrogen-bond acceptors (Lipinski definition) is 3. The van der Waals surface area contributed by atoms with Gasteiger partial charge < -0.3 is 5.32 Å². The van der Waals surface area contributed by atoms with Crippen LogP contribution in [0.15, 0.2) is 57.9 Å². The van der Waals surface area contributed by atoms with Crippen LogP contribution in [0.3, 0.4) is 0 Å². The average molecular weight is 327 g/mol. The minimum atomic E-state index is -3.63. The van der Waals surface area contributed by atoms with E-state index in [0.29, 0.717) is 0 Å². The van der Waals surface area contributed by atoms with Crippen molar-refractivity contribution in [1.29, 1.82) is 0 Å². The Labute approximate surface area is 114 Å². The second-order valence-electron chi connectivity index (χ2n) is 3.70. The summed E-state index contributed by atoms with van der Waals surface area (Å²) in [5.41, 5.74) is 1.71. The first-order chi connectivity index (χ1) is 8.45. The molecule has 0 heterocycles. The zero-order valence-corrected chi connectivity index (χ0v) is 11.7. The Morgan fingerprint density at radius 3 is 1.78 bits per heavy atom. The maximum absolute atomic E-state index is 11.1. The summed E-state index contributed by atoms with van der Waals surface area (Å²) in [7, 11) is -3.63. The molecule has 0 aliphatic carbocycles. The molecule has 3 N–H and O–H groups in total. The molecule has 4 nitrogen and oxygen atoms in total. The van der Waals surface area contributed by atoms with E-state index in [1.165, 1.54) is 12.1 Å². The Kier molecular flexibility index (Phi) is 3.70. The quantitative estimate of drug-likeness (QED) is 0.910. The van der Waals surface area contributed by atoms with Crippen molar-refractivity contribution in [2.45, 2.75) is 4.90 Å². The van der Waals surface area contributed by atoms with Crippen LogP contribution >= 0.6 is 15.9 Å². The maximum Gasteiger partial charge on any atom is 0.238 e. The Bertz CT molecular complexity index is 637. The van der Waals surface area contributed by atoms with E-state index in [0.717, 1.165) is 15.8 Å². The van der Waals surface area contributed by atoms with E-state index in [1.807, 2.05) is 24.3 Å². The van der Waals surface area contributed by atoms with Crippen LogP contribution in [0, 0.1) is 0 Å². The van der Waals surface area contributed by atoms with E-state index >= 15 is 0 Å². The second-order valence-corrected chi connectivity index (χ2v) is 6.18. The molecule has 0 fully saturated rings. The molecule has 2 aromatic rings. The first kappa shape index (κ1) is 13.1. The highest BCUT2D eigenvalue weighted by atomic mass is 79.9. The van der Waals surface area contributed by atoms with E-state index in [9.17, 15) is 8.42 Å².